The van der Waals surface area contributed by atoms with Crippen LogP contribution < -0.4 is 20.3 Å². The Hall–Kier alpha value is -2.06. The first kappa shape index (κ1) is 18.3. The average Bonchev–Trinajstić information content (AvgIpc) is 2.59. The molecule has 24 heavy (non-hydrogen) atoms. The maximum Gasteiger partial charge on any atom is 0.276 e. The van der Waals surface area contributed by atoms with Gasteiger partial charge in [-0.15, -0.1) is 0 Å². The van der Waals surface area contributed by atoms with Crippen molar-refractivity contribution in [2.45, 2.75) is 0 Å². The lowest BCUT2D eigenvalue weighted by molar-refractivity contribution is -0.123. The molecule has 0 fully saturated rings. The van der Waals surface area contributed by atoms with Crippen LogP contribution in [0.15, 0.2) is 51.4 Å². The van der Waals surface area contributed by atoms with Gasteiger partial charge in [0, 0.05) is 10.0 Å². The van der Waals surface area contributed by atoms with E-state index in [1.54, 1.807) is 42.5 Å². The van der Waals surface area contributed by atoms with Crippen molar-refractivity contribution in [1.29, 1.82) is 0 Å². The molecule has 0 aliphatic rings. The lowest BCUT2D eigenvalue weighted by Gasteiger charge is -2.10. The zero-order valence-corrected chi connectivity index (χ0v) is 15.8. The Morgan fingerprint density at radius 2 is 1.75 bits per heavy atom. The fraction of sp³-hybridized carbons (Fsp3) is 0.125. The minimum atomic E-state index is -0.473. The van der Waals surface area contributed by atoms with Crippen LogP contribution in [0, 0.1) is 0 Å². The highest BCUT2D eigenvalue weighted by molar-refractivity contribution is 9.10. The highest BCUT2D eigenvalue weighted by Gasteiger charge is 2.10. The summed E-state index contributed by atoms with van der Waals surface area (Å²) in [5.41, 5.74) is 4.98. The van der Waals surface area contributed by atoms with Crippen LogP contribution in [0.3, 0.4) is 0 Å². The van der Waals surface area contributed by atoms with E-state index < -0.39 is 11.8 Å². The van der Waals surface area contributed by atoms with Crippen molar-refractivity contribution in [3.8, 4) is 11.5 Å². The predicted molar refractivity (Wildman–Crippen MR) is 95.9 cm³/mol. The number of hydrogen-bond donors (Lipinski definition) is 2. The normalized spacial score (nSPS) is 9.96. The smallest absolute Gasteiger partial charge is 0.276 e. The van der Waals surface area contributed by atoms with Crippen molar-refractivity contribution >= 4 is 43.7 Å². The highest BCUT2D eigenvalue weighted by atomic mass is 79.9. The Morgan fingerprint density at radius 1 is 1.04 bits per heavy atom. The van der Waals surface area contributed by atoms with Gasteiger partial charge < -0.3 is 9.47 Å². The van der Waals surface area contributed by atoms with E-state index in [9.17, 15) is 9.59 Å². The molecule has 0 heterocycles. The molecular weight excluding hydrogens is 444 g/mol. The Balaban J connectivity index is 1.81. The summed E-state index contributed by atoms with van der Waals surface area (Å²) >= 11 is 6.60. The van der Waals surface area contributed by atoms with Crippen LogP contribution in [0.5, 0.6) is 11.5 Å². The topological polar surface area (TPSA) is 76.7 Å². The molecule has 0 aromatic heterocycles. The summed E-state index contributed by atoms with van der Waals surface area (Å²) in [5, 5.41) is 0. The van der Waals surface area contributed by atoms with E-state index in [-0.39, 0.29) is 6.61 Å². The maximum atomic E-state index is 12.0. The molecule has 0 saturated carbocycles. The van der Waals surface area contributed by atoms with Gasteiger partial charge in [0.05, 0.1) is 11.6 Å². The van der Waals surface area contributed by atoms with Crippen LogP contribution in [0.4, 0.5) is 0 Å². The number of rotatable bonds is 5. The number of amides is 2. The number of nitrogens with one attached hydrogen (secondary N) is 2. The van der Waals surface area contributed by atoms with Crippen molar-refractivity contribution in [1.82, 2.24) is 10.9 Å². The summed E-state index contributed by atoms with van der Waals surface area (Å²) < 4.78 is 11.9. The van der Waals surface area contributed by atoms with Crippen LogP contribution in [0.2, 0.25) is 0 Å². The lowest BCUT2D eigenvalue weighted by atomic mass is 10.2. The molecule has 2 aromatic carbocycles. The molecule has 0 aliphatic heterocycles. The van der Waals surface area contributed by atoms with Crippen LogP contribution in [-0.2, 0) is 4.79 Å². The lowest BCUT2D eigenvalue weighted by Crippen LogP contribution is -2.43. The molecule has 2 rings (SSSR count). The first-order chi connectivity index (χ1) is 11.5. The molecule has 8 heteroatoms. The van der Waals surface area contributed by atoms with E-state index in [2.05, 4.69) is 42.7 Å². The molecular formula is C16H14Br2N2O4. The number of carbonyl (C=O) groups is 2. The molecule has 6 nitrogen and oxygen atoms in total. The fourth-order valence-corrected chi connectivity index (χ4v) is 2.53. The third-order valence-electron chi connectivity index (χ3n) is 2.91. The van der Waals surface area contributed by atoms with Gasteiger partial charge in [0.25, 0.3) is 11.8 Å². The summed E-state index contributed by atoms with van der Waals surface area (Å²) in [6.45, 7) is -0.214. The maximum absolute atomic E-state index is 12.0. The molecule has 126 valence electrons. The second kappa shape index (κ2) is 8.70. The zero-order valence-electron chi connectivity index (χ0n) is 12.6. The molecule has 0 spiro atoms. The average molecular weight is 458 g/mol. The number of carbonyl (C=O) groups excluding carboxylic acids is 2. The zero-order chi connectivity index (χ0) is 17.5. The molecule has 0 aliphatic carbocycles. The monoisotopic (exact) mass is 456 g/mol. The third-order valence-corrected chi connectivity index (χ3v) is 4.06. The predicted octanol–water partition coefficient (Wildman–Crippen LogP) is 3.06. The van der Waals surface area contributed by atoms with Crippen LogP contribution in [0.25, 0.3) is 0 Å². The van der Waals surface area contributed by atoms with Crippen molar-refractivity contribution in [3.05, 3.63) is 57.0 Å². The van der Waals surface area contributed by atoms with E-state index in [1.807, 2.05) is 0 Å². The van der Waals surface area contributed by atoms with Crippen molar-refractivity contribution in [2.24, 2.45) is 0 Å². The molecule has 0 radical (unpaired) electrons. The molecule has 2 aromatic rings. The number of methoxy groups -OCH3 is 1. The number of ether oxygens (including phenoxy) is 2. The summed E-state index contributed by atoms with van der Waals surface area (Å²) in [6.07, 6.45) is 0. The van der Waals surface area contributed by atoms with Gasteiger partial charge in [-0.25, -0.2) is 0 Å². The van der Waals surface area contributed by atoms with Crippen LogP contribution in [-0.4, -0.2) is 25.5 Å². The molecule has 2 amide bonds. The van der Waals surface area contributed by atoms with E-state index in [0.29, 0.717) is 21.5 Å². The molecule has 0 saturated heterocycles. The van der Waals surface area contributed by atoms with E-state index in [4.69, 9.17) is 9.47 Å². The fourth-order valence-electron chi connectivity index (χ4n) is 1.72. The van der Waals surface area contributed by atoms with Gasteiger partial charge in [-0.1, -0.05) is 15.9 Å². The third kappa shape index (κ3) is 5.24. The minimum Gasteiger partial charge on any atom is -0.496 e. The Kier molecular flexibility index (Phi) is 6.62. The Labute approximate surface area is 155 Å². The molecule has 0 atom stereocenters. The highest BCUT2D eigenvalue weighted by Crippen LogP contribution is 2.25. The largest absolute Gasteiger partial charge is 0.496 e. The Bertz CT molecular complexity index is 735. The SMILES string of the molecule is COc1ccc(C(=O)NNC(=O)COc2ccc(Br)cc2)cc1Br. The van der Waals surface area contributed by atoms with Gasteiger partial charge in [-0.05, 0) is 58.4 Å². The first-order valence-electron chi connectivity index (χ1n) is 6.80. The van der Waals surface area contributed by atoms with Crippen LogP contribution in [0.1, 0.15) is 10.4 Å². The van der Waals surface area contributed by atoms with Crippen LogP contribution >= 0.6 is 31.9 Å². The Morgan fingerprint density at radius 3 is 2.38 bits per heavy atom. The van der Waals surface area contributed by atoms with E-state index in [0.717, 1.165) is 4.47 Å². The van der Waals surface area contributed by atoms with E-state index in [1.165, 1.54) is 7.11 Å². The number of hydrogen-bond acceptors (Lipinski definition) is 4. The van der Waals surface area contributed by atoms with Crippen molar-refractivity contribution in [2.75, 3.05) is 13.7 Å². The van der Waals surface area contributed by atoms with E-state index >= 15 is 0 Å². The van der Waals surface area contributed by atoms with Gasteiger partial charge in [0.2, 0.25) is 0 Å². The van der Waals surface area contributed by atoms with Crippen molar-refractivity contribution in [3.63, 3.8) is 0 Å². The quantitative estimate of drug-likeness (QED) is 0.676. The molecule has 0 unspecified atom stereocenters. The summed E-state index contributed by atoms with van der Waals surface area (Å²) in [5.74, 6) is 0.242. The van der Waals surface area contributed by atoms with Crippen molar-refractivity contribution < 1.29 is 19.1 Å². The standard InChI is InChI=1S/C16H14Br2N2O4/c1-23-14-7-2-10(8-13(14)18)16(22)20-19-15(21)9-24-12-5-3-11(17)4-6-12/h2-8H,9H2,1H3,(H,19,21)(H,20,22). The van der Waals surface area contributed by atoms with Gasteiger partial charge >= 0.3 is 0 Å². The molecule has 0 bridgehead atoms. The summed E-state index contributed by atoms with van der Waals surface area (Å²) in [6, 6.07) is 11.9. The number of benzene rings is 2. The second-order valence-electron chi connectivity index (χ2n) is 4.59. The first-order valence-corrected chi connectivity index (χ1v) is 8.39. The number of hydrazine groups is 1. The minimum absolute atomic E-state index is 0.214. The molecule has 2 N–H and O–H groups in total. The number of halogens is 2. The second-order valence-corrected chi connectivity index (χ2v) is 6.36. The summed E-state index contributed by atoms with van der Waals surface area (Å²) in [4.78, 5) is 23.7. The summed E-state index contributed by atoms with van der Waals surface area (Å²) in [7, 11) is 1.53. The van der Waals surface area contributed by atoms with Gasteiger partial charge in [0.15, 0.2) is 6.61 Å². The van der Waals surface area contributed by atoms with Gasteiger partial charge in [-0.2, -0.15) is 0 Å². The van der Waals surface area contributed by atoms with Gasteiger partial charge in [0.1, 0.15) is 11.5 Å². The van der Waals surface area contributed by atoms with Gasteiger partial charge in [-0.3, -0.25) is 20.4 Å².